The highest BCUT2D eigenvalue weighted by Gasteiger charge is 2.41. The number of carbonyl (C=O) groups excluding carboxylic acids is 3. The third-order valence-corrected chi connectivity index (χ3v) is 5.83. The predicted octanol–water partition coefficient (Wildman–Crippen LogP) is 2.20. The van der Waals surface area contributed by atoms with Crippen LogP contribution in [0, 0.1) is 5.41 Å². The first-order valence-corrected chi connectivity index (χ1v) is 10.6. The molecule has 1 unspecified atom stereocenters. The van der Waals surface area contributed by atoms with Crippen molar-refractivity contribution >= 4 is 40.7 Å². The van der Waals surface area contributed by atoms with Crippen molar-refractivity contribution < 1.29 is 19.1 Å². The maximum atomic E-state index is 13.0. The van der Waals surface area contributed by atoms with Gasteiger partial charge in [0.05, 0.1) is 35.9 Å². The Morgan fingerprint density at radius 2 is 1.90 bits per heavy atom. The molecule has 30 heavy (non-hydrogen) atoms. The second kappa shape index (κ2) is 9.76. The Kier molecular flexibility index (Phi) is 7.33. The summed E-state index contributed by atoms with van der Waals surface area (Å²) in [6.07, 6.45) is 1.68. The first-order chi connectivity index (χ1) is 14.3. The molecule has 2 saturated heterocycles. The van der Waals surface area contributed by atoms with E-state index in [0.29, 0.717) is 49.2 Å². The van der Waals surface area contributed by atoms with Crippen LogP contribution in [0.4, 0.5) is 11.4 Å². The Bertz CT molecular complexity index is 812. The first-order valence-electron chi connectivity index (χ1n) is 10.2. The number of benzene rings is 1. The van der Waals surface area contributed by atoms with Crippen LogP contribution in [0.3, 0.4) is 0 Å². The average molecular weight is 437 g/mol. The van der Waals surface area contributed by atoms with Crippen LogP contribution in [0.1, 0.15) is 26.7 Å². The number of hydrogen-bond acceptors (Lipinski definition) is 5. The van der Waals surface area contributed by atoms with E-state index in [1.165, 1.54) is 6.92 Å². The van der Waals surface area contributed by atoms with E-state index in [-0.39, 0.29) is 24.3 Å². The van der Waals surface area contributed by atoms with Gasteiger partial charge in [0, 0.05) is 32.2 Å². The molecule has 2 aliphatic heterocycles. The molecular formula is C21H29ClN4O4. The van der Waals surface area contributed by atoms with Crippen molar-refractivity contribution in [3.8, 4) is 0 Å². The smallest absolute Gasteiger partial charge is 0.238 e. The zero-order chi connectivity index (χ0) is 21.7. The van der Waals surface area contributed by atoms with Gasteiger partial charge in [-0.05, 0) is 44.5 Å². The molecular weight excluding hydrogens is 408 g/mol. The maximum absolute atomic E-state index is 13.0. The van der Waals surface area contributed by atoms with Gasteiger partial charge in [-0.25, -0.2) is 0 Å². The number of halogens is 1. The second-order valence-electron chi connectivity index (χ2n) is 8.20. The number of morpholine rings is 1. The summed E-state index contributed by atoms with van der Waals surface area (Å²) in [4.78, 5) is 40.7. The Hall–Kier alpha value is -2.16. The maximum Gasteiger partial charge on any atom is 0.238 e. The minimum absolute atomic E-state index is 0.146. The van der Waals surface area contributed by atoms with Gasteiger partial charge in [-0.2, -0.15) is 0 Å². The first kappa shape index (κ1) is 22.5. The Morgan fingerprint density at radius 1 is 1.17 bits per heavy atom. The fourth-order valence-electron chi connectivity index (χ4n) is 4.09. The fraction of sp³-hybridized carbons (Fsp3) is 0.571. The highest BCUT2D eigenvalue weighted by molar-refractivity contribution is 6.34. The predicted molar refractivity (Wildman–Crippen MR) is 116 cm³/mol. The molecule has 2 fully saturated rings. The zero-order valence-corrected chi connectivity index (χ0v) is 18.3. The summed E-state index contributed by atoms with van der Waals surface area (Å²) in [5, 5.41) is 5.82. The molecule has 1 atom stereocenters. The Labute approximate surface area is 181 Å². The number of piperidine rings is 1. The van der Waals surface area contributed by atoms with E-state index in [0.717, 1.165) is 19.4 Å². The number of nitrogens with zero attached hydrogens (tertiary/aromatic N) is 2. The summed E-state index contributed by atoms with van der Waals surface area (Å²) in [6.45, 7) is 7.33. The molecule has 2 heterocycles. The molecule has 1 aromatic rings. The van der Waals surface area contributed by atoms with Crippen LogP contribution in [0.25, 0.3) is 0 Å². The molecule has 0 bridgehead atoms. The van der Waals surface area contributed by atoms with E-state index in [1.807, 2.05) is 16.7 Å². The molecule has 3 amide bonds. The lowest BCUT2D eigenvalue weighted by Crippen LogP contribution is -2.54. The summed E-state index contributed by atoms with van der Waals surface area (Å²) >= 11 is 6.23. The van der Waals surface area contributed by atoms with E-state index in [9.17, 15) is 14.4 Å². The number of ether oxygens (including phenoxy) is 1. The van der Waals surface area contributed by atoms with Crippen molar-refractivity contribution in [1.29, 1.82) is 0 Å². The molecule has 1 aromatic carbocycles. The zero-order valence-electron chi connectivity index (χ0n) is 17.5. The van der Waals surface area contributed by atoms with Gasteiger partial charge in [-0.3, -0.25) is 19.3 Å². The number of nitrogens with one attached hydrogen (secondary N) is 2. The lowest BCUT2D eigenvalue weighted by atomic mass is 9.80. The third kappa shape index (κ3) is 5.71. The summed E-state index contributed by atoms with van der Waals surface area (Å²) in [5.41, 5.74) is 0.562. The van der Waals surface area contributed by atoms with Gasteiger partial charge in [0.2, 0.25) is 17.7 Å². The fourth-order valence-corrected chi connectivity index (χ4v) is 4.32. The SMILES string of the molecule is CC(=O)Nc1ccc(NC(=O)CN2CCCC(C)(C(=O)N3CCOCC3)C2)c(Cl)c1. The number of likely N-dealkylation sites (tertiary alicyclic amines) is 1. The summed E-state index contributed by atoms with van der Waals surface area (Å²) < 4.78 is 5.35. The van der Waals surface area contributed by atoms with Gasteiger partial charge in [0.15, 0.2) is 0 Å². The largest absolute Gasteiger partial charge is 0.378 e. The van der Waals surface area contributed by atoms with Gasteiger partial charge in [0.1, 0.15) is 0 Å². The number of hydrogen-bond donors (Lipinski definition) is 2. The lowest BCUT2D eigenvalue weighted by Gasteiger charge is -2.42. The van der Waals surface area contributed by atoms with Crippen molar-refractivity contribution in [2.45, 2.75) is 26.7 Å². The number of rotatable bonds is 5. The molecule has 0 aromatic heterocycles. The van der Waals surface area contributed by atoms with Crippen LogP contribution in [0.5, 0.6) is 0 Å². The normalized spacial score (nSPS) is 22.4. The molecule has 0 saturated carbocycles. The highest BCUT2D eigenvalue weighted by Crippen LogP contribution is 2.32. The van der Waals surface area contributed by atoms with Crippen molar-refractivity contribution in [2.24, 2.45) is 5.41 Å². The van der Waals surface area contributed by atoms with E-state index >= 15 is 0 Å². The van der Waals surface area contributed by atoms with E-state index in [2.05, 4.69) is 10.6 Å². The highest BCUT2D eigenvalue weighted by atomic mass is 35.5. The molecule has 0 aliphatic carbocycles. The number of amides is 3. The molecule has 8 nitrogen and oxygen atoms in total. The van der Waals surface area contributed by atoms with Crippen LogP contribution in [0.2, 0.25) is 5.02 Å². The summed E-state index contributed by atoms with van der Waals surface area (Å²) in [7, 11) is 0. The molecule has 3 rings (SSSR count). The second-order valence-corrected chi connectivity index (χ2v) is 8.61. The van der Waals surface area contributed by atoms with Crippen LogP contribution in [0.15, 0.2) is 18.2 Å². The molecule has 2 N–H and O–H groups in total. The van der Waals surface area contributed by atoms with Gasteiger partial charge in [0.25, 0.3) is 0 Å². The van der Waals surface area contributed by atoms with Crippen LogP contribution >= 0.6 is 11.6 Å². The van der Waals surface area contributed by atoms with Gasteiger partial charge in [-0.15, -0.1) is 0 Å². The van der Waals surface area contributed by atoms with Crippen LogP contribution in [-0.2, 0) is 19.1 Å². The minimum atomic E-state index is -0.493. The van der Waals surface area contributed by atoms with E-state index in [1.54, 1.807) is 18.2 Å². The average Bonchev–Trinajstić information content (AvgIpc) is 2.70. The van der Waals surface area contributed by atoms with E-state index < -0.39 is 5.41 Å². The van der Waals surface area contributed by atoms with Gasteiger partial charge >= 0.3 is 0 Å². The van der Waals surface area contributed by atoms with Gasteiger partial charge < -0.3 is 20.3 Å². The molecule has 2 aliphatic rings. The quantitative estimate of drug-likeness (QED) is 0.738. The Balaban J connectivity index is 1.57. The summed E-state index contributed by atoms with van der Waals surface area (Å²) in [5.74, 6) is -0.234. The molecule has 164 valence electrons. The Morgan fingerprint density at radius 3 is 2.57 bits per heavy atom. The van der Waals surface area contributed by atoms with Gasteiger partial charge in [-0.1, -0.05) is 11.6 Å². The topological polar surface area (TPSA) is 91.0 Å². The standard InChI is InChI=1S/C21H29ClN4O4/c1-15(27)23-16-4-5-18(17(22)12-16)24-19(28)13-25-7-3-6-21(2,14-25)20(29)26-8-10-30-11-9-26/h4-5,12H,3,6-11,13-14H2,1-2H3,(H,23,27)(H,24,28). The van der Waals surface area contributed by atoms with Crippen LogP contribution in [-0.4, -0.2) is 73.5 Å². The summed E-state index contributed by atoms with van der Waals surface area (Å²) in [6, 6.07) is 4.94. The van der Waals surface area contributed by atoms with Crippen molar-refractivity contribution in [2.75, 3.05) is 56.6 Å². The van der Waals surface area contributed by atoms with E-state index in [4.69, 9.17) is 16.3 Å². The number of anilines is 2. The minimum Gasteiger partial charge on any atom is -0.378 e. The molecule has 9 heteroatoms. The number of carbonyl (C=O) groups is 3. The molecule has 0 radical (unpaired) electrons. The monoisotopic (exact) mass is 436 g/mol. The van der Waals surface area contributed by atoms with Crippen LogP contribution < -0.4 is 10.6 Å². The van der Waals surface area contributed by atoms with Crippen molar-refractivity contribution in [3.05, 3.63) is 23.2 Å². The lowest BCUT2D eigenvalue weighted by molar-refractivity contribution is -0.149. The molecule has 0 spiro atoms. The third-order valence-electron chi connectivity index (χ3n) is 5.52. The van der Waals surface area contributed by atoms with Crippen molar-refractivity contribution in [3.63, 3.8) is 0 Å². The van der Waals surface area contributed by atoms with Crippen molar-refractivity contribution in [1.82, 2.24) is 9.80 Å².